The van der Waals surface area contributed by atoms with Crippen LogP contribution in [0.1, 0.15) is 95.6 Å². The molecule has 9 atom stereocenters. The summed E-state index contributed by atoms with van der Waals surface area (Å²) in [6.07, 6.45) is 5.08. The van der Waals surface area contributed by atoms with Crippen LogP contribution >= 0.6 is 0 Å². The predicted octanol–water partition coefficient (Wildman–Crippen LogP) is -6.81. The number of guanidine groups is 1. The lowest BCUT2D eigenvalue weighted by atomic mass is 9.93. The number of aliphatic imine (C=N–C) groups is 1. The Hall–Kier alpha value is -6.37. The van der Waals surface area contributed by atoms with E-state index in [-0.39, 0.29) is 83.4 Å². The third-order valence-electron chi connectivity index (χ3n) is 12.3. The molecule has 2 heterocycles. The first-order valence-corrected chi connectivity index (χ1v) is 25.1. The van der Waals surface area contributed by atoms with Gasteiger partial charge in [-0.1, -0.05) is 6.42 Å². The van der Waals surface area contributed by atoms with Gasteiger partial charge in [0.05, 0.1) is 37.0 Å². The number of amides is 7. The highest BCUT2D eigenvalue weighted by Gasteiger charge is 2.40. The topological polar surface area (TPSA) is 519 Å². The van der Waals surface area contributed by atoms with Gasteiger partial charge in [0, 0.05) is 50.9 Å². The summed E-state index contributed by atoms with van der Waals surface area (Å²) in [5, 5.41) is 35.4. The third kappa shape index (κ3) is 22.8. The average Bonchev–Trinajstić information content (AvgIpc) is 4.09. The number of Topliss-reactive ketones (excluding diaryl/α,β-unsaturated/α-hetero) is 1. The van der Waals surface area contributed by atoms with Crippen molar-refractivity contribution in [1.82, 2.24) is 46.8 Å². The average molecular weight is 1050 g/mol. The van der Waals surface area contributed by atoms with E-state index in [4.69, 9.17) is 45.9 Å². The van der Waals surface area contributed by atoms with Gasteiger partial charge in [0.2, 0.25) is 41.4 Å². The van der Waals surface area contributed by atoms with Gasteiger partial charge in [-0.3, -0.25) is 48.1 Å². The van der Waals surface area contributed by atoms with Crippen LogP contribution < -0.4 is 77.8 Å². The molecule has 1 aliphatic heterocycles. The maximum atomic E-state index is 14.2. The van der Waals surface area contributed by atoms with Crippen molar-refractivity contribution in [2.45, 2.75) is 145 Å². The Balaban J connectivity index is 2.19. The first-order valence-electron chi connectivity index (χ1n) is 25.1. The molecule has 1 fully saturated rings. The molecule has 29 nitrogen and oxygen atoms in total. The van der Waals surface area contributed by atoms with Gasteiger partial charge < -0.3 is 97.9 Å². The molecule has 2 rings (SSSR count). The summed E-state index contributed by atoms with van der Waals surface area (Å²) in [6, 6.07) is -8.72. The number of hydrogen-bond acceptors (Lipinski definition) is 18. The molecule has 25 N–H and O–H groups in total. The van der Waals surface area contributed by atoms with Crippen molar-refractivity contribution in [1.29, 1.82) is 0 Å². The smallest absolute Gasteiger partial charge is 0.306 e. The number of carbonyl (C=O) groups is 9. The molecule has 1 aromatic rings. The number of aromatic nitrogens is 2. The molecule has 74 heavy (non-hydrogen) atoms. The van der Waals surface area contributed by atoms with E-state index >= 15 is 0 Å². The number of ketones is 1. The number of imidazole rings is 1. The minimum Gasteiger partial charge on any atom is -0.481 e. The van der Waals surface area contributed by atoms with Gasteiger partial charge in [-0.05, 0) is 96.7 Å². The number of aliphatic hydroxyl groups excluding tert-OH is 1. The number of carbonyl (C=O) groups excluding carboxylic acids is 8. The van der Waals surface area contributed by atoms with Crippen LogP contribution in [0.15, 0.2) is 17.5 Å². The summed E-state index contributed by atoms with van der Waals surface area (Å²) < 4.78 is 0. The van der Waals surface area contributed by atoms with E-state index in [2.05, 4.69) is 46.9 Å². The normalized spacial score (nSPS) is 16.5. The van der Waals surface area contributed by atoms with E-state index in [1.165, 1.54) is 17.4 Å². The summed E-state index contributed by atoms with van der Waals surface area (Å²) in [6.45, 7) is -0.413. The van der Waals surface area contributed by atoms with Gasteiger partial charge in [-0.25, -0.2) is 4.98 Å². The first-order chi connectivity index (χ1) is 35.3. The summed E-state index contributed by atoms with van der Waals surface area (Å²) >= 11 is 0. The second-order valence-corrected chi connectivity index (χ2v) is 18.1. The van der Waals surface area contributed by atoms with Crippen molar-refractivity contribution >= 4 is 59.1 Å². The number of H-pyrrole nitrogens is 1. The number of carboxylic acid groups (broad SMARTS) is 1. The van der Waals surface area contributed by atoms with E-state index in [0.717, 1.165) is 0 Å². The number of unbranched alkanes of at least 4 members (excludes halogenated alkanes) is 2. The minimum atomic E-state index is -1.61. The monoisotopic (exact) mass is 1050 g/mol. The maximum absolute atomic E-state index is 14.2. The second kappa shape index (κ2) is 34.9. The van der Waals surface area contributed by atoms with Crippen LogP contribution in [-0.2, 0) is 49.6 Å². The Morgan fingerprint density at radius 2 is 1.39 bits per heavy atom. The number of rotatable bonds is 38. The minimum absolute atomic E-state index is 0.00566. The van der Waals surface area contributed by atoms with Crippen molar-refractivity contribution in [3.63, 3.8) is 0 Å². The van der Waals surface area contributed by atoms with Gasteiger partial charge in [0.15, 0.2) is 11.7 Å². The van der Waals surface area contributed by atoms with Crippen molar-refractivity contribution in [3.8, 4) is 0 Å². The zero-order valence-corrected chi connectivity index (χ0v) is 42.1. The zero-order chi connectivity index (χ0) is 55.2. The molecule has 1 saturated heterocycles. The Morgan fingerprint density at radius 3 is 2.00 bits per heavy atom. The number of aliphatic carboxylic acids is 1. The third-order valence-corrected chi connectivity index (χ3v) is 12.3. The van der Waals surface area contributed by atoms with Crippen molar-refractivity contribution in [2.24, 2.45) is 56.8 Å². The SMILES string of the molecule is NCCCC[C@H](NC(=O)[C@H](Cc1cnc[nH]1)NC(=O)[C@@H]1CCCN1C(=O)[C@@H](CCCN)NC(=O)CNC(=O)[C@H](CN)NC(=O)[C@@H](NC(=O)[C@@H](N)CCCCN)[C@@H](O)CN)C(=O)CCC(CCCN=C(N)N)C(=O)O. The van der Waals surface area contributed by atoms with Crippen LogP contribution in [-0.4, -0.2) is 185 Å². The molecule has 0 radical (unpaired) electrons. The Kier molecular flexibility index (Phi) is 30.1. The fourth-order valence-corrected chi connectivity index (χ4v) is 8.08. The molecule has 0 aliphatic carbocycles. The lowest BCUT2D eigenvalue weighted by Crippen LogP contribution is -2.62. The number of carboxylic acids is 1. The highest BCUT2D eigenvalue weighted by atomic mass is 16.4. The van der Waals surface area contributed by atoms with E-state index in [9.17, 15) is 53.4 Å². The molecule has 0 aromatic carbocycles. The molecule has 0 bridgehead atoms. The number of nitrogens with zero attached hydrogens (tertiary/aromatic N) is 3. The predicted molar refractivity (Wildman–Crippen MR) is 271 cm³/mol. The van der Waals surface area contributed by atoms with E-state index < -0.39 is 127 Å². The highest BCUT2D eigenvalue weighted by Crippen LogP contribution is 2.21. The lowest BCUT2D eigenvalue weighted by molar-refractivity contribution is -0.143. The summed E-state index contributed by atoms with van der Waals surface area (Å²) in [7, 11) is 0. The number of aliphatic hydroxyl groups is 1. The molecule has 1 unspecified atom stereocenters. The van der Waals surface area contributed by atoms with Gasteiger partial charge in [-0.2, -0.15) is 0 Å². The van der Waals surface area contributed by atoms with Gasteiger partial charge in [-0.15, -0.1) is 0 Å². The Labute approximate surface area is 430 Å². The molecular formula is C45H82N18O11. The molecule has 1 aliphatic rings. The quantitative estimate of drug-likeness (QED) is 0.0166. The maximum Gasteiger partial charge on any atom is 0.306 e. The molecule has 0 saturated carbocycles. The fraction of sp³-hybridized carbons (Fsp3) is 0.711. The summed E-state index contributed by atoms with van der Waals surface area (Å²) in [4.78, 5) is 133. The molecule has 418 valence electrons. The van der Waals surface area contributed by atoms with Gasteiger partial charge in [0.25, 0.3) is 0 Å². The van der Waals surface area contributed by atoms with Gasteiger partial charge >= 0.3 is 5.97 Å². The number of aromatic amines is 1. The summed E-state index contributed by atoms with van der Waals surface area (Å²) in [5.41, 5.74) is 45.4. The number of hydrogen-bond donors (Lipinski definition) is 17. The summed E-state index contributed by atoms with van der Waals surface area (Å²) in [5.74, 6) is -8.04. The Bertz CT molecular complexity index is 1970. The largest absolute Gasteiger partial charge is 0.481 e. The lowest BCUT2D eigenvalue weighted by Gasteiger charge is -2.30. The second-order valence-electron chi connectivity index (χ2n) is 18.1. The molecular weight excluding hydrogens is 969 g/mol. The van der Waals surface area contributed by atoms with Crippen LogP contribution in [0.5, 0.6) is 0 Å². The van der Waals surface area contributed by atoms with E-state index in [0.29, 0.717) is 57.3 Å². The fourth-order valence-electron chi connectivity index (χ4n) is 8.08. The van der Waals surface area contributed by atoms with Crippen molar-refractivity contribution in [3.05, 3.63) is 18.2 Å². The standard InChI is InChI=1S/C45H82N18O11/c46-15-3-1-9-28(51)38(67)62-37(35(65)22-50)42(71)61-32(21-49)39(68)56-24-36(66)58-30(11-5-17-48)43(72)63-19-7-12-33(63)41(70)60-31(20-27-23-54-25-57-27)40(69)59-29(10-2-4-16-47)34(64)14-13-26(44(73)74)8-6-18-55-45(52)53/h23,25-26,28-33,35,37,65H,1-22,24,46-51H2,(H,54,57)(H,56,68)(H,58,66)(H,59,69)(H,60,70)(H,61,71)(H,62,67)(H,73,74)(H4,52,53,55)/t26?,28-,29-,30+,31-,32-,33-,35-,37-/m0/s1. The molecule has 7 amide bonds. The van der Waals surface area contributed by atoms with Crippen LogP contribution in [0.4, 0.5) is 0 Å². The zero-order valence-electron chi connectivity index (χ0n) is 42.1. The van der Waals surface area contributed by atoms with Crippen LogP contribution in [0, 0.1) is 5.92 Å². The van der Waals surface area contributed by atoms with Crippen LogP contribution in [0.25, 0.3) is 0 Å². The van der Waals surface area contributed by atoms with E-state index in [1.807, 2.05) is 0 Å². The van der Waals surface area contributed by atoms with Crippen LogP contribution in [0.2, 0.25) is 0 Å². The number of likely N-dealkylation sites (tertiary alicyclic amines) is 1. The first kappa shape index (κ1) is 63.7. The number of nitrogens with two attached hydrogens (primary N) is 8. The van der Waals surface area contributed by atoms with Crippen molar-refractivity contribution < 1.29 is 53.4 Å². The molecule has 0 spiro atoms. The highest BCUT2D eigenvalue weighted by molar-refractivity contribution is 5.97. The number of nitrogens with one attached hydrogen (secondary N) is 7. The van der Waals surface area contributed by atoms with Gasteiger partial charge in [0.1, 0.15) is 30.2 Å². The molecule has 1 aromatic heterocycles. The Morgan fingerprint density at radius 1 is 0.730 bits per heavy atom. The van der Waals surface area contributed by atoms with Crippen molar-refractivity contribution in [2.75, 3.05) is 52.4 Å². The van der Waals surface area contributed by atoms with Crippen LogP contribution in [0.3, 0.4) is 0 Å². The van der Waals surface area contributed by atoms with E-state index in [1.54, 1.807) is 0 Å². The molecule has 29 heteroatoms.